The molecule has 2 fully saturated rings. The van der Waals surface area contributed by atoms with Crippen LogP contribution in [0.2, 0.25) is 0 Å². The number of aryl methyl sites for hydroxylation is 1. The van der Waals surface area contributed by atoms with Gasteiger partial charge >= 0.3 is 0 Å². The number of rotatable bonds is 4. The van der Waals surface area contributed by atoms with Gasteiger partial charge in [-0.1, -0.05) is 6.08 Å². The van der Waals surface area contributed by atoms with E-state index in [4.69, 9.17) is 0 Å². The molecule has 2 aliphatic rings. The second kappa shape index (κ2) is 4.86. The van der Waals surface area contributed by atoms with E-state index in [0.717, 1.165) is 25.2 Å². The van der Waals surface area contributed by atoms with Crippen molar-refractivity contribution < 1.29 is 0 Å². The van der Waals surface area contributed by atoms with Crippen molar-refractivity contribution in [1.82, 2.24) is 19.6 Å². The van der Waals surface area contributed by atoms with Crippen molar-refractivity contribution in [2.75, 3.05) is 19.6 Å². The monoisotopic (exact) mass is 246 g/mol. The van der Waals surface area contributed by atoms with Crippen molar-refractivity contribution in [3.05, 3.63) is 30.6 Å². The van der Waals surface area contributed by atoms with Gasteiger partial charge in [-0.2, -0.15) is 5.10 Å². The van der Waals surface area contributed by atoms with E-state index < -0.39 is 0 Å². The van der Waals surface area contributed by atoms with E-state index in [9.17, 15) is 0 Å². The number of fused-ring (bicyclic) bond motifs is 1. The number of hydrogen-bond acceptors (Lipinski definition) is 3. The van der Waals surface area contributed by atoms with E-state index in [1.807, 2.05) is 24.0 Å². The maximum atomic E-state index is 4.25. The van der Waals surface area contributed by atoms with Crippen molar-refractivity contribution in [3.63, 3.8) is 0 Å². The summed E-state index contributed by atoms with van der Waals surface area (Å²) in [4.78, 5) is 5.21. The van der Waals surface area contributed by atoms with Gasteiger partial charge in [0.25, 0.3) is 0 Å². The Morgan fingerprint density at radius 1 is 1.33 bits per heavy atom. The van der Waals surface area contributed by atoms with Gasteiger partial charge in [0.2, 0.25) is 0 Å². The molecule has 0 N–H and O–H groups in total. The van der Waals surface area contributed by atoms with Crippen molar-refractivity contribution >= 4 is 0 Å². The fraction of sp³-hybridized carbons (Fsp3) is 0.643. The molecule has 0 amide bonds. The Bertz CT molecular complexity index is 425. The Labute approximate surface area is 109 Å². The Morgan fingerprint density at radius 3 is 2.72 bits per heavy atom. The minimum atomic E-state index is 0.741. The van der Waals surface area contributed by atoms with Gasteiger partial charge in [-0.05, 0) is 12.8 Å². The minimum Gasteiger partial charge on any atom is -0.295 e. The van der Waals surface area contributed by atoms with Gasteiger partial charge in [-0.15, -0.1) is 6.58 Å². The van der Waals surface area contributed by atoms with Crippen molar-refractivity contribution in [3.8, 4) is 0 Å². The fourth-order valence-electron chi connectivity index (χ4n) is 3.54. The van der Waals surface area contributed by atoms with Crippen LogP contribution in [-0.2, 0) is 13.6 Å². The van der Waals surface area contributed by atoms with Gasteiger partial charge in [-0.25, -0.2) is 0 Å². The van der Waals surface area contributed by atoms with E-state index in [1.165, 1.54) is 31.5 Å². The van der Waals surface area contributed by atoms with Crippen LogP contribution in [0.5, 0.6) is 0 Å². The Morgan fingerprint density at radius 2 is 2.06 bits per heavy atom. The fourth-order valence-corrected chi connectivity index (χ4v) is 3.54. The molecule has 3 rings (SSSR count). The van der Waals surface area contributed by atoms with Gasteiger partial charge in [0.15, 0.2) is 0 Å². The quantitative estimate of drug-likeness (QED) is 0.747. The molecule has 0 aliphatic carbocycles. The molecule has 4 heteroatoms. The summed E-state index contributed by atoms with van der Waals surface area (Å²) in [5.74, 6) is 0. The molecule has 0 aromatic carbocycles. The van der Waals surface area contributed by atoms with Gasteiger partial charge in [0.05, 0.1) is 6.20 Å². The lowest BCUT2D eigenvalue weighted by atomic mass is 10.1. The standard InChI is InChI=1S/C14H22N4/c1-3-6-17-7-4-14-13(17)5-8-18(14)11-12-9-15-16(2)10-12/h3,9-10,13-14H,1,4-8,11H2,2H3/t13-,14+/m1/s1. The van der Waals surface area contributed by atoms with Crippen molar-refractivity contribution in [2.45, 2.75) is 31.5 Å². The number of aromatic nitrogens is 2. The summed E-state index contributed by atoms with van der Waals surface area (Å²) in [7, 11) is 1.98. The molecule has 98 valence electrons. The summed E-state index contributed by atoms with van der Waals surface area (Å²) in [6.45, 7) is 8.40. The van der Waals surface area contributed by atoms with E-state index in [2.05, 4.69) is 27.7 Å². The Hall–Kier alpha value is -1.13. The summed E-state index contributed by atoms with van der Waals surface area (Å²) in [6, 6.07) is 1.49. The third-order valence-electron chi connectivity index (χ3n) is 4.31. The van der Waals surface area contributed by atoms with E-state index >= 15 is 0 Å². The van der Waals surface area contributed by atoms with Crippen LogP contribution < -0.4 is 0 Å². The SMILES string of the molecule is C=CCN1CC[C@H]2[C@H]1CCN2Cc1cnn(C)c1. The molecule has 0 spiro atoms. The number of likely N-dealkylation sites (tertiary alicyclic amines) is 2. The predicted molar refractivity (Wildman–Crippen MR) is 72.2 cm³/mol. The molecule has 2 saturated heterocycles. The van der Waals surface area contributed by atoms with Crippen LogP contribution in [0.3, 0.4) is 0 Å². The van der Waals surface area contributed by atoms with Crippen LogP contribution in [0.25, 0.3) is 0 Å². The zero-order valence-corrected chi connectivity index (χ0v) is 11.1. The first-order chi connectivity index (χ1) is 8.78. The molecule has 0 saturated carbocycles. The topological polar surface area (TPSA) is 24.3 Å². The number of hydrogen-bond donors (Lipinski definition) is 0. The molecular weight excluding hydrogens is 224 g/mol. The van der Waals surface area contributed by atoms with Crippen LogP contribution in [0.4, 0.5) is 0 Å². The second-order valence-electron chi connectivity index (χ2n) is 5.49. The highest BCUT2D eigenvalue weighted by molar-refractivity contribution is 5.07. The molecule has 1 aromatic rings. The van der Waals surface area contributed by atoms with Crippen molar-refractivity contribution in [1.29, 1.82) is 0 Å². The van der Waals surface area contributed by atoms with E-state index in [1.54, 1.807) is 0 Å². The van der Waals surface area contributed by atoms with Crippen LogP contribution in [0, 0.1) is 0 Å². The lowest BCUT2D eigenvalue weighted by Gasteiger charge is -2.24. The molecule has 0 bridgehead atoms. The van der Waals surface area contributed by atoms with Crippen molar-refractivity contribution in [2.24, 2.45) is 7.05 Å². The summed E-state index contributed by atoms with van der Waals surface area (Å²) in [6.07, 6.45) is 8.76. The minimum absolute atomic E-state index is 0.741. The first-order valence-corrected chi connectivity index (χ1v) is 6.84. The molecule has 18 heavy (non-hydrogen) atoms. The average molecular weight is 246 g/mol. The molecule has 1 aromatic heterocycles. The zero-order chi connectivity index (χ0) is 12.5. The van der Waals surface area contributed by atoms with E-state index in [0.29, 0.717) is 0 Å². The first-order valence-electron chi connectivity index (χ1n) is 6.84. The van der Waals surface area contributed by atoms with Gasteiger partial charge in [-0.3, -0.25) is 14.5 Å². The highest BCUT2D eigenvalue weighted by atomic mass is 15.3. The molecular formula is C14H22N4. The van der Waals surface area contributed by atoms with Crippen LogP contribution in [-0.4, -0.2) is 51.3 Å². The molecule has 2 atom stereocenters. The maximum absolute atomic E-state index is 4.25. The molecule has 4 nitrogen and oxygen atoms in total. The largest absolute Gasteiger partial charge is 0.295 e. The van der Waals surface area contributed by atoms with Gasteiger partial charge < -0.3 is 0 Å². The van der Waals surface area contributed by atoms with Gasteiger partial charge in [0.1, 0.15) is 0 Å². The van der Waals surface area contributed by atoms with Gasteiger partial charge in [0, 0.05) is 57.1 Å². The maximum Gasteiger partial charge on any atom is 0.0534 e. The average Bonchev–Trinajstić information content (AvgIpc) is 3.01. The summed E-state index contributed by atoms with van der Waals surface area (Å²) in [5, 5.41) is 4.25. The molecule has 0 unspecified atom stereocenters. The Kier molecular flexibility index (Phi) is 3.22. The number of nitrogens with zero attached hydrogens (tertiary/aromatic N) is 4. The molecule has 3 heterocycles. The highest BCUT2D eigenvalue weighted by Gasteiger charge is 2.41. The lowest BCUT2D eigenvalue weighted by molar-refractivity contribution is 0.225. The highest BCUT2D eigenvalue weighted by Crippen LogP contribution is 2.32. The summed E-state index contributed by atoms with van der Waals surface area (Å²) in [5.41, 5.74) is 1.33. The summed E-state index contributed by atoms with van der Waals surface area (Å²) < 4.78 is 1.89. The van der Waals surface area contributed by atoms with Crippen LogP contribution in [0.1, 0.15) is 18.4 Å². The van der Waals surface area contributed by atoms with Crippen LogP contribution >= 0.6 is 0 Å². The summed E-state index contributed by atoms with van der Waals surface area (Å²) >= 11 is 0. The third kappa shape index (κ3) is 2.10. The van der Waals surface area contributed by atoms with E-state index in [-0.39, 0.29) is 0 Å². The smallest absolute Gasteiger partial charge is 0.0534 e. The zero-order valence-electron chi connectivity index (χ0n) is 11.1. The second-order valence-corrected chi connectivity index (χ2v) is 5.49. The molecule has 2 aliphatic heterocycles. The third-order valence-corrected chi connectivity index (χ3v) is 4.31. The Balaban J connectivity index is 1.64. The molecule has 0 radical (unpaired) electrons. The normalized spacial score (nSPS) is 28.7. The lowest BCUT2D eigenvalue weighted by Crippen LogP contribution is -2.36. The first kappa shape index (κ1) is 11.9. The van der Waals surface area contributed by atoms with Crippen LogP contribution in [0.15, 0.2) is 25.0 Å². The predicted octanol–water partition coefficient (Wildman–Crippen LogP) is 1.25.